The van der Waals surface area contributed by atoms with Crippen molar-refractivity contribution in [1.29, 1.82) is 0 Å². The molecule has 2 aromatic rings. The Morgan fingerprint density at radius 2 is 1.56 bits per heavy atom. The predicted octanol–water partition coefficient (Wildman–Crippen LogP) is 1.51. The number of ether oxygens (including phenoxy) is 1. The molecule has 0 saturated carbocycles. The van der Waals surface area contributed by atoms with Gasteiger partial charge in [0.25, 0.3) is 11.8 Å². The van der Waals surface area contributed by atoms with Crippen LogP contribution in [0.1, 0.15) is 31.1 Å². The maximum atomic E-state index is 12.3. The minimum Gasteiger partial charge on any atom is -0.460 e. The van der Waals surface area contributed by atoms with E-state index in [0.29, 0.717) is 11.1 Å². The van der Waals surface area contributed by atoms with Crippen LogP contribution in [0.15, 0.2) is 48.5 Å². The first-order valence-corrected chi connectivity index (χ1v) is 9.86. The number of sulfonamides is 1. The second kappa shape index (κ2) is 7.20. The van der Waals surface area contributed by atoms with Gasteiger partial charge in [-0.1, -0.05) is 24.3 Å². The Kier molecular flexibility index (Phi) is 4.95. The van der Waals surface area contributed by atoms with Gasteiger partial charge in [-0.25, -0.2) is 13.2 Å². The fourth-order valence-corrected chi connectivity index (χ4v) is 3.28. The normalized spacial score (nSPS) is 13.4. The Labute approximate surface area is 155 Å². The number of nitrogens with one attached hydrogen (secondary N) is 1. The van der Waals surface area contributed by atoms with Crippen molar-refractivity contribution in [3.05, 3.63) is 65.2 Å². The van der Waals surface area contributed by atoms with Gasteiger partial charge in [0.15, 0.2) is 0 Å². The highest BCUT2D eigenvalue weighted by Gasteiger charge is 2.34. The fraction of sp³-hybridized carbons (Fsp3) is 0.167. The summed E-state index contributed by atoms with van der Waals surface area (Å²) in [6, 6.07) is 12.4. The molecule has 0 saturated heterocycles. The number of hydrogen-bond donors (Lipinski definition) is 1. The monoisotopic (exact) mass is 388 g/mol. The van der Waals surface area contributed by atoms with E-state index in [1.807, 2.05) is 0 Å². The summed E-state index contributed by atoms with van der Waals surface area (Å²) in [7, 11) is -3.57. The summed E-state index contributed by atoms with van der Waals surface area (Å²) >= 11 is 0. The van der Waals surface area contributed by atoms with Gasteiger partial charge < -0.3 is 4.74 Å². The molecule has 9 heteroatoms. The van der Waals surface area contributed by atoms with E-state index < -0.39 is 27.8 Å². The lowest BCUT2D eigenvalue weighted by molar-refractivity contribution is 0.0421. The van der Waals surface area contributed by atoms with Gasteiger partial charge >= 0.3 is 5.97 Å². The van der Waals surface area contributed by atoms with Crippen LogP contribution in [0.4, 0.5) is 5.69 Å². The molecular weight excluding hydrogens is 372 g/mol. The maximum Gasteiger partial charge on any atom is 0.340 e. The molecule has 8 nitrogen and oxygen atoms in total. The molecule has 27 heavy (non-hydrogen) atoms. The number of benzene rings is 2. The number of anilines is 1. The average molecular weight is 388 g/mol. The van der Waals surface area contributed by atoms with Crippen LogP contribution in [-0.4, -0.2) is 50.5 Å². The molecule has 0 fully saturated rings. The summed E-state index contributed by atoms with van der Waals surface area (Å²) in [6.45, 7) is -0.308. The number of hydrogen-bond acceptors (Lipinski definition) is 6. The maximum absolute atomic E-state index is 12.3. The van der Waals surface area contributed by atoms with Gasteiger partial charge in [-0.2, -0.15) is 0 Å². The highest BCUT2D eigenvalue weighted by Crippen LogP contribution is 2.22. The third-order valence-electron chi connectivity index (χ3n) is 3.87. The second-order valence-corrected chi connectivity index (χ2v) is 7.61. The van der Waals surface area contributed by atoms with Gasteiger partial charge in [-0.05, 0) is 24.3 Å². The van der Waals surface area contributed by atoms with E-state index in [9.17, 15) is 22.8 Å². The first-order valence-electron chi connectivity index (χ1n) is 7.97. The van der Waals surface area contributed by atoms with Crippen LogP contribution in [-0.2, 0) is 14.8 Å². The Morgan fingerprint density at radius 1 is 1.00 bits per heavy atom. The highest BCUT2D eigenvalue weighted by molar-refractivity contribution is 7.92. The van der Waals surface area contributed by atoms with Gasteiger partial charge in [0, 0.05) is 0 Å². The minimum absolute atomic E-state index is 0.0327. The topological polar surface area (TPSA) is 110 Å². The Morgan fingerprint density at radius 3 is 2.15 bits per heavy atom. The number of amides is 2. The molecule has 3 rings (SSSR count). The number of rotatable bonds is 6. The third-order valence-corrected chi connectivity index (χ3v) is 4.46. The van der Waals surface area contributed by atoms with Crippen LogP contribution < -0.4 is 4.72 Å². The molecule has 0 spiro atoms. The van der Waals surface area contributed by atoms with Gasteiger partial charge in [0.1, 0.15) is 6.61 Å². The van der Waals surface area contributed by atoms with E-state index in [2.05, 4.69) is 4.72 Å². The summed E-state index contributed by atoms with van der Waals surface area (Å²) in [6.07, 6.45) is 0.970. The van der Waals surface area contributed by atoms with E-state index >= 15 is 0 Å². The smallest absolute Gasteiger partial charge is 0.340 e. The van der Waals surface area contributed by atoms with E-state index in [1.165, 1.54) is 12.1 Å². The summed E-state index contributed by atoms with van der Waals surface area (Å²) in [5.74, 6) is -1.64. The fourth-order valence-electron chi connectivity index (χ4n) is 2.70. The molecule has 0 atom stereocenters. The van der Waals surface area contributed by atoms with Crippen molar-refractivity contribution >= 4 is 33.5 Å². The van der Waals surface area contributed by atoms with Crippen LogP contribution in [0.25, 0.3) is 0 Å². The molecule has 1 heterocycles. The lowest BCUT2D eigenvalue weighted by Crippen LogP contribution is -2.33. The number of esters is 1. The van der Waals surface area contributed by atoms with Crippen LogP contribution in [0.2, 0.25) is 0 Å². The zero-order chi connectivity index (χ0) is 19.6. The molecule has 0 bridgehead atoms. The first-order chi connectivity index (χ1) is 12.8. The number of para-hydroxylation sites is 1. The molecule has 0 unspecified atom stereocenters. The molecule has 0 radical (unpaired) electrons. The molecular formula is C18H16N2O6S. The molecule has 2 aromatic carbocycles. The van der Waals surface area contributed by atoms with Gasteiger partial charge in [-0.15, -0.1) is 0 Å². The van der Waals surface area contributed by atoms with Crippen LogP contribution >= 0.6 is 0 Å². The number of carbonyl (C=O) groups is 3. The van der Waals surface area contributed by atoms with Crippen molar-refractivity contribution in [2.24, 2.45) is 0 Å². The minimum atomic E-state index is -3.57. The van der Waals surface area contributed by atoms with Crippen LogP contribution in [0.5, 0.6) is 0 Å². The molecule has 2 amide bonds. The molecule has 1 aliphatic rings. The van der Waals surface area contributed by atoms with E-state index in [1.54, 1.807) is 36.4 Å². The van der Waals surface area contributed by atoms with Gasteiger partial charge in [-0.3, -0.25) is 19.2 Å². The SMILES string of the molecule is CS(=O)(=O)Nc1ccccc1C(=O)OCCN1C(=O)c2ccccc2C1=O. The van der Waals surface area contributed by atoms with Crippen LogP contribution in [0.3, 0.4) is 0 Å². The molecule has 1 aliphatic heterocycles. The molecule has 1 N–H and O–H groups in total. The Hall–Kier alpha value is -3.20. The zero-order valence-electron chi connectivity index (χ0n) is 14.3. The Balaban J connectivity index is 1.65. The summed E-state index contributed by atoms with van der Waals surface area (Å²) in [5.41, 5.74) is 0.754. The van der Waals surface area contributed by atoms with Gasteiger partial charge in [0.05, 0.1) is 35.2 Å². The predicted molar refractivity (Wildman–Crippen MR) is 97.0 cm³/mol. The summed E-state index contributed by atoms with van der Waals surface area (Å²) in [5, 5.41) is 0. The number of carbonyl (C=O) groups excluding carboxylic acids is 3. The number of fused-ring (bicyclic) bond motifs is 1. The third kappa shape index (κ3) is 3.98. The lowest BCUT2D eigenvalue weighted by atomic mass is 10.1. The van der Waals surface area contributed by atoms with Crippen molar-refractivity contribution in [3.8, 4) is 0 Å². The highest BCUT2D eigenvalue weighted by atomic mass is 32.2. The summed E-state index contributed by atoms with van der Waals surface area (Å²) in [4.78, 5) is 37.8. The summed E-state index contributed by atoms with van der Waals surface area (Å²) < 4.78 is 30.2. The zero-order valence-corrected chi connectivity index (χ0v) is 15.2. The Bertz CT molecular complexity index is 997. The largest absolute Gasteiger partial charge is 0.460 e. The van der Waals surface area contributed by atoms with Gasteiger partial charge in [0.2, 0.25) is 10.0 Å². The molecule has 0 aliphatic carbocycles. The average Bonchev–Trinajstić information content (AvgIpc) is 2.86. The van der Waals surface area contributed by atoms with Crippen molar-refractivity contribution < 1.29 is 27.5 Å². The van der Waals surface area contributed by atoms with Crippen molar-refractivity contribution in [1.82, 2.24) is 4.90 Å². The number of imide groups is 1. The molecule has 0 aromatic heterocycles. The van der Waals surface area contributed by atoms with Crippen molar-refractivity contribution in [3.63, 3.8) is 0 Å². The van der Waals surface area contributed by atoms with E-state index in [-0.39, 0.29) is 24.4 Å². The lowest BCUT2D eigenvalue weighted by Gasteiger charge is -2.14. The van der Waals surface area contributed by atoms with Crippen molar-refractivity contribution in [2.45, 2.75) is 0 Å². The van der Waals surface area contributed by atoms with E-state index in [4.69, 9.17) is 4.74 Å². The number of nitrogens with zero attached hydrogens (tertiary/aromatic N) is 1. The quantitative estimate of drug-likeness (QED) is 0.593. The first kappa shape index (κ1) is 18.6. The van der Waals surface area contributed by atoms with Crippen LogP contribution in [0, 0.1) is 0 Å². The molecule has 140 valence electrons. The standard InChI is InChI=1S/C18H16N2O6S/c1-27(24,25)19-15-9-5-4-8-14(15)18(23)26-11-10-20-16(21)12-6-2-3-7-13(12)17(20)22/h2-9,19H,10-11H2,1H3. The second-order valence-electron chi connectivity index (χ2n) is 5.86. The van der Waals surface area contributed by atoms with Crippen molar-refractivity contribution in [2.75, 3.05) is 24.1 Å². The van der Waals surface area contributed by atoms with E-state index in [0.717, 1.165) is 11.2 Å².